The van der Waals surface area contributed by atoms with E-state index in [1.165, 1.54) is 29.6 Å². The van der Waals surface area contributed by atoms with Crippen molar-refractivity contribution in [1.29, 1.82) is 0 Å². The van der Waals surface area contributed by atoms with Crippen molar-refractivity contribution in [3.05, 3.63) is 69.0 Å². The monoisotopic (exact) mass is 483 g/mol. The lowest BCUT2D eigenvalue weighted by Gasteiger charge is -2.20. The fourth-order valence-corrected chi connectivity index (χ4v) is 5.68. The van der Waals surface area contributed by atoms with Crippen LogP contribution in [0, 0.1) is 13.8 Å². The van der Waals surface area contributed by atoms with Gasteiger partial charge in [0, 0.05) is 17.7 Å². The molecule has 1 amide bonds. The van der Waals surface area contributed by atoms with Crippen molar-refractivity contribution in [2.75, 3.05) is 4.90 Å². The molecule has 0 radical (unpaired) electrons. The molecule has 4 aromatic rings. The summed E-state index contributed by atoms with van der Waals surface area (Å²) in [6.07, 6.45) is 0.112. The summed E-state index contributed by atoms with van der Waals surface area (Å²) in [5.41, 5.74) is 4.22. The molecule has 0 saturated heterocycles. The van der Waals surface area contributed by atoms with Crippen LogP contribution in [0.15, 0.2) is 46.5 Å². The number of nitrogens with zero attached hydrogens (tertiary/aromatic N) is 3. The van der Waals surface area contributed by atoms with E-state index in [1.54, 1.807) is 21.6 Å². The van der Waals surface area contributed by atoms with Crippen molar-refractivity contribution >= 4 is 56.7 Å². The second-order valence-electron chi connectivity index (χ2n) is 7.22. The zero-order valence-corrected chi connectivity index (χ0v) is 20.3. The van der Waals surface area contributed by atoms with Crippen LogP contribution in [0.1, 0.15) is 29.4 Å². The number of amides is 1. The van der Waals surface area contributed by atoms with Crippen LogP contribution in [0.3, 0.4) is 0 Å². The predicted octanol–water partition coefficient (Wildman–Crippen LogP) is 5.92. The van der Waals surface area contributed by atoms with Crippen molar-refractivity contribution in [3.63, 3.8) is 0 Å². The summed E-state index contributed by atoms with van der Waals surface area (Å²) in [7, 11) is 0. The second-order valence-corrected chi connectivity index (χ2v) is 9.87. The molecular formula is C23H21N3O3S3. The minimum absolute atomic E-state index is 0.0515. The van der Waals surface area contributed by atoms with Crippen LogP contribution >= 0.6 is 34.0 Å². The van der Waals surface area contributed by atoms with Crippen LogP contribution < -0.4 is 4.90 Å². The highest BCUT2D eigenvalue weighted by Crippen LogP contribution is 2.32. The molecule has 0 aliphatic carbocycles. The first-order chi connectivity index (χ1) is 15.4. The van der Waals surface area contributed by atoms with Gasteiger partial charge in [0.2, 0.25) is 5.91 Å². The van der Waals surface area contributed by atoms with Gasteiger partial charge in [0.1, 0.15) is 11.6 Å². The molecule has 0 aliphatic rings. The highest BCUT2D eigenvalue weighted by atomic mass is 32.1. The molecule has 0 N–H and O–H groups in total. The molecule has 0 aliphatic heterocycles. The Morgan fingerprint density at radius 1 is 1.03 bits per heavy atom. The number of aromatic nitrogens is 2. The Morgan fingerprint density at radius 3 is 2.56 bits per heavy atom. The molecular weight excluding hydrogens is 462 g/mol. The molecule has 0 saturated carbocycles. The van der Waals surface area contributed by atoms with Gasteiger partial charge in [-0.3, -0.25) is 14.5 Å². The maximum atomic E-state index is 12.3. The molecule has 9 heteroatoms. The maximum Gasteiger partial charge on any atom is 0.312 e. The van der Waals surface area contributed by atoms with Gasteiger partial charge in [-0.25, -0.2) is 9.97 Å². The second kappa shape index (κ2) is 9.72. The average molecular weight is 484 g/mol. The lowest BCUT2D eigenvalue weighted by molar-refractivity contribution is -0.144. The van der Waals surface area contributed by atoms with Crippen LogP contribution in [0.2, 0.25) is 0 Å². The number of hydrogen-bond donors (Lipinski definition) is 0. The number of hydrogen-bond acceptors (Lipinski definition) is 8. The third-order valence-corrected chi connectivity index (χ3v) is 7.43. The Labute approximate surface area is 198 Å². The molecule has 4 rings (SSSR count). The van der Waals surface area contributed by atoms with Gasteiger partial charge in [0.05, 0.1) is 28.4 Å². The van der Waals surface area contributed by atoms with E-state index in [0.29, 0.717) is 16.5 Å². The fourth-order valence-electron chi connectivity index (χ4n) is 3.18. The van der Waals surface area contributed by atoms with Gasteiger partial charge in [0.15, 0.2) is 5.13 Å². The first-order valence-electron chi connectivity index (χ1n) is 9.87. The minimum Gasteiger partial charge on any atom is -0.459 e. The summed E-state index contributed by atoms with van der Waals surface area (Å²) in [6.45, 7) is 5.55. The number of ether oxygens (including phenoxy) is 1. The van der Waals surface area contributed by atoms with Crippen molar-refractivity contribution in [3.8, 4) is 9.88 Å². The van der Waals surface area contributed by atoms with Crippen LogP contribution in [0.25, 0.3) is 9.88 Å². The van der Waals surface area contributed by atoms with Gasteiger partial charge in [-0.1, -0.05) is 23.8 Å². The van der Waals surface area contributed by atoms with E-state index in [2.05, 4.69) is 9.97 Å². The number of thiazole rings is 2. The van der Waals surface area contributed by atoms with E-state index < -0.39 is 0 Å². The number of rotatable bonds is 7. The third-order valence-electron chi connectivity index (χ3n) is 4.63. The predicted molar refractivity (Wildman–Crippen MR) is 130 cm³/mol. The van der Waals surface area contributed by atoms with Crippen molar-refractivity contribution < 1.29 is 14.3 Å². The van der Waals surface area contributed by atoms with Gasteiger partial charge >= 0.3 is 5.97 Å². The first-order valence-corrected chi connectivity index (χ1v) is 12.5. The van der Waals surface area contributed by atoms with Crippen molar-refractivity contribution in [2.45, 2.75) is 33.8 Å². The summed E-state index contributed by atoms with van der Waals surface area (Å²) in [6, 6.07) is 9.91. The Bertz CT molecular complexity index is 1240. The number of esters is 1. The third kappa shape index (κ3) is 5.12. The zero-order chi connectivity index (χ0) is 22.7. The van der Waals surface area contributed by atoms with Crippen LogP contribution in [-0.2, 0) is 27.4 Å². The van der Waals surface area contributed by atoms with Crippen molar-refractivity contribution in [1.82, 2.24) is 9.97 Å². The lowest BCUT2D eigenvalue weighted by Crippen LogP contribution is -2.23. The zero-order valence-electron chi connectivity index (χ0n) is 17.8. The van der Waals surface area contributed by atoms with E-state index in [4.69, 9.17) is 4.74 Å². The highest BCUT2D eigenvalue weighted by molar-refractivity contribution is 7.20. The Balaban J connectivity index is 1.39. The molecule has 1 aromatic carbocycles. The highest BCUT2D eigenvalue weighted by Gasteiger charge is 2.20. The van der Waals surface area contributed by atoms with E-state index in [0.717, 1.165) is 26.7 Å². The standard InChI is InChI=1S/C23H21N3O3S3/c1-14-6-7-19(15(2)9-14)26(16(3)27)23-25-18(13-32-23)11-29-21(28)10-17-12-31-22(24-17)20-5-4-8-30-20/h4-9,12-13H,10-11H2,1-3H3. The van der Waals surface area contributed by atoms with Gasteiger partial charge in [-0.05, 0) is 36.9 Å². The van der Waals surface area contributed by atoms with Gasteiger partial charge < -0.3 is 4.74 Å². The van der Waals surface area contributed by atoms with E-state index in [9.17, 15) is 9.59 Å². The Hall–Kier alpha value is -2.88. The molecule has 164 valence electrons. The van der Waals surface area contributed by atoms with Crippen LogP contribution in [0.4, 0.5) is 10.8 Å². The number of carbonyl (C=O) groups excluding carboxylic acids is 2. The normalized spacial score (nSPS) is 10.8. The van der Waals surface area contributed by atoms with Crippen LogP contribution in [-0.4, -0.2) is 21.8 Å². The van der Waals surface area contributed by atoms with Gasteiger partial charge in [-0.15, -0.1) is 34.0 Å². The fraction of sp³-hybridized carbons (Fsp3) is 0.217. The number of benzene rings is 1. The van der Waals surface area contributed by atoms with Crippen LogP contribution in [0.5, 0.6) is 0 Å². The summed E-state index contributed by atoms with van der Waals surface area (Å²) in [4.78, 5) is 36.3. The van der Waals surface area contributed by atoms with Crippen molar-refractivity contribution in [2.24, 2.45) is 0 Å². The number of thiophene rings is 1. The number of aryl methyl sites for hydroxylation is 2. The smallest absolute Gasteiger partial charge is 0.312 e. The molecule has 0 atom stereocenters. The van der Waals surface area contributed by atoms with Gasteiger partial charge in [-0.2, -0.15) is 0 Å². The SMILES string of the molecule is CC(=O)N(c1nc(COC(=O)Cc2csc(-c3cccs3)n2)cs1)c1ccc(C)cc1C. The van der Waals surface area contributed by atoms with E-state index in [-0.39, 0.29) is 24.9 Å². The molecule has 3 heterocycles. The largest absolute Gasteiger partial charge is 0.459 e. The molecule has 6 nitrogen and oxygen atoms in total. The summed E-state index contributed by atoms with van der Waals surface area (Å²) in [5.74, 6) is -0.486. The Kier molecular flexibility index (Phi) is 6.78. The summed E-state index contributed by atoms with van der Waals surface area (Å²) in [5, 5.41) is 7.14. The molecule has 32 heavy (non-hydrogen) atoms. The maximum absolute atomic E-state index is 12.3. The lowest BCUT2D eigenvalue weighted by atomic mass is 10.1. The quantitative estimate of drug-likeness (QED) is 0.305. The van der Waals surface area contributed by atoms with E-state index in [1.807, 2.05) is 54.9 Å². The number of carbonyl (C=O) groups is 2. The molecule has 0 unspecified atom stereocenters. The average Bonchev–Trinajstić information content (AvgIpc) is 3.50. The molecule has 0 spiro atoms. The Morgan fingerprint density at radius 2 is 1.84 bits per heavy atom. The summed E-state index contributed by atoms with van der Waals surface area (Å²) < 4.78 is 5.40. The minimum atomic E-state index is -0.361. The summed E-state index contributed by atoms with van der Waals surface area (Å²) >= 11 is 4.48. The number of anilines is 2. The molecule has 3 aromatic heterocycles. The van der Waals surface area contributed by atoms with Gasteiger partial charge in [0.25, 0.3) is 0 Å². The van der Waals surface area contributed by atoms with E-state index >= 15 is 0 Å². The molecule has 0 fully saturated rings. The molecule has 0 bridgehead atoms. The first kappa shape index (κ1) is 22.3. The topological polar surface area (TPSA) is 72.4 Å².